The molecule has 0 saturated carbocycles. The molecule has 0 unspecified atom stereocenters. The van der Waals surface area contributed by atoms with Gasteiger partial charge < -0.3 is 0 Å². The van der Waals surface area contributed by atoms with E-state index in [1.165, 1.54) is 6.07 Å². The first-order valence-corrected chi connectivity index (χ1v) is 6.96. The number of halogens is 2. The summed E-state index contributed by atoms with van der Waals surface area (Å²) in [6, 6.07) is 4.96. The summed E-state index contributed by atoms with van der Waals surface area (Å²) in [5, 5.41) is 0.550. The number of rotatable bonds is 2. The van der Waals surface area contributed by atoms with Gasteiger partial charge in [-0.15, -0.1) is 0 Å². The van der Waals surface area contributed by atoms with Crippen LogP contribution in [0.25, 0.3) is 0 Å². The molecule has 19 heavy (non-hydrogen) atoms. The minimum absolute atomic E-state index is 0.179. The lowest BCUT2D eigenvalue weighted by Crippen LogP contribution is -2.78. The molecular weight excluding hydrogens is 267 g/mol. The Morgan fingerprint density at radius 3 is 2.16 bits per heavy atom. The van der Waals surface area contributed by atoms with E-state index in [2.05, 4.69) is 14.7 Å². The quantitative estimate of drug-likeness (QED) is 0.762. The van der Waals surface area contributed by atoms with Gasteiger partial charge in [0.2, 0.25) is 0 Å². The monoisotopic (exact) mass is 283 g/mol. The highest BCUT2D eigenvalue weighted by Crippen LogP contribution is 2.32. The van der Waals surface area contributed by atoms with Crippen molar-refractivity contribution in [3.05, 3.63) is 34.6 Å². The standard InChI is InChI=1S/C13H17ClFN4/c14-12-2-1-3-13(15)11(12)4-19-8-16-5-17(9-19)7-18(6-16)10-19/h1-3H,4-10H2/q+1. The number of hydrogen-bond donors (Lipinski definition) is 0. The molecule has 102 valence electrons. The van der Waals surface area contributed by atoms with Crippen molar-refractivity contribution in [2.75, 3.05) is 40.0 Å². The largest absolute Gasteiger partial charge is 0.282 e. The summed E-state index contributed by atoms with van der Waals surface area (Å²) < 4.78 is 14.9. The molecule has 4 bridgehead atoms. The van der Waals surface area contributed by atoms with Crippen LogP contribution in [0.1, 0.15) is 5.56 Å². The predicted octanol–water partition coefficient (Wildman–Crippen LogP) is 1.49. The first kappa shape index (κ1) is 12.1. The molecule has 0 aromatic heterocycles. The van der Waals surface area contributed by atoms with Crippen LogP contribution >= 0.6 is 11.6 Å². The molecule has 1 aromatic carbocycles. The topological polar surface area (TPSA) is 9.72 Å². The summed E-state index contributed by atoms with van der Waals surface area (Å²) in [6.07, 6.45) is 0. The maximum Gasteiger partial charge on any atom is 0.139 e. The van der Waals surface area contributed by atoms with E-state index in [1.54, 1.807) is 12.1 Å². The van der Waals surface area contributed by atoms with Gasteiger partial charge >= 0.3 is 0 Å². The molecule has 4 heterocycles. The second-order valence-electron chi connectivity index (χ2n) is 6.06. The normalized spacial score (nSPS) is 39.8. The maximum absolute atomic E-state index is 14.0. The first-order valence-electron chi connectivity index (χ1n) is 6.59. The van der Waals surface area contributed by atoms with Crippen molar-refractivity contribution in [2.24, 2.45) is 0 Å². The van der Waals surface area contributed by atoms with Crippen molar-refractivity contribution < 1.29 is 8.87 Å². The first-order chi connectivity index (χ1) is 9.13. The Morgan fingerprint density at radius 2 is 1.63 bits per heavy atom. The Bertz CT molecular complexity index is 466. The van der Waals surface area contributed by atoms with Crippen LogP contribution in [0, 0.1) is 5.82 Å². The molecular formula is C13H17ClFN4+. The molecule has 0 radical (unpaired) electrons. The average Bonchev–Trinajstić information content (AvgIpc) is 2.32. The van der Waals surface area contributed by atoms with Gasteiger partial charge in [-0.1, -0.05) is 17.7 Å². The van der Waals surface area contributed by atoms with Crippen molar-refractivity contribution in [1.29, 1.82) is 0 Å². The second kappa shape index (κ2) is 4.14. The van der Waals surface area contributed by atoms with E-state index in [-0.39, 0.29) is 5.82 Å². The van der Waals surface area contributed by atoms with Gasteiger partial charge in [-0.2, -0.15) is 0 Å². The van der Waals surface area contributed by atoms with Crippen molar-refractivity contribution in [2.45, 2.75) is 6.54 Å². The van der Waals surface area contributed by atoms with Crippen molar-refractivity contribution in [3.63, 3.8) is 0 Å². The Balaban J connectivity index is 1.66. The summed E-state index contributed by atoms with van der Waals surface area (Å²) >= 11 is 6.18. The van der Waals surface area contributed by atoms with E-state index in [9.17, 15) is 4.39 Å². The lowest BCUT2D eigenvalue weighted by atomic mass is 10.1. The fourth-order valence-corrected chi connectivity index (χ4v) is 4.05. The van der Waals surface area contributed by atoms with Crippen LogP contribution in [-0.2, 0) is 6.54 Å². The van der Waals surface area contributed by atoms with Crippen LogP contribution in [0.15, 0.2) is 18.2 Å². The lowest BCUT2D eigenvalue weighted by Gasteiger charge is -2.60. The van der Waals surface area contributed by atoms with E-state index in [4.69, 9.17) is 11.6 Å². The zero-order valence-corrected chi connectivity index (χ0v) is 11.5. The van der Waals surface area contributed by atoms with Crippen LogP contribution in [0.2, 0.25) is 5.02 Å². The molecule has 4 aliphatic rings. The highest BCUT2D eigenvalue weighted by molar-refractivity contribution is 6.31. The summed E-state index contributed by atoms with van der Waals surface area (Å²) in [5.41, 5.74) is 0.662. The maximum atomic E-state index is 14.0. The summed E-state index contributed by atoms with van der Waals surface area (Å²) in [6.45, 7) is 6.80. The molecule has 4 saturated heterocycles. The van der Waals surface area contributed by atoms with Crippen LogP contribution < -0.4 is 0 Å². The Morgan fingerprint density at radius 1 is 1.05 bits per heavy atom. The Kier molecular flexibility index (Phi) is 2.62. The number of hydrogen-bond acceptors (Lipinski definition) is 3. The molecule has 0 atom stereocenters. The predicted molar refractivity (Wildman–Crippen MR) is 70.1 cm³/mol. The van der Waals surface area contributed by atoms with Crippen molar-refractivity contribution in [1.82, 2.24) is 14.7 Å². The van der Waals surface area contributed by atoms with Crippen LogP contribution in [0.3, 0.4) is 0 Å². The van der Waals surface area contributed by atoms with Gasteiger partial charge in [0, 0.05) is 0 Å². The molecule has 6 heteroatoms. The SMILES string of the molecule is Fc1cccc(Cl)c1C[N+]12CN3CN(CN(C3)C1)C2. The van der Waals surface area contributed by atoms with Crippen LogP contribution in [-0.4, -0.2) is 59.2 Å². The third-order valence-corrected chi connectivity index (χ3v) is 4.61. The van der Waals surface area contributed by atoms with Crippen molar-refractivity contribution in [3.8, 4) is 0 Å². The van der Waals surface area contributed by atoms with Gasteiger partial charge in [-0.25, -0.2) is 19.1 Å². The summed E-state index contributed by atoms with van der Waals surface area (Å²) in [7, 11) is 0. The third kappa shape index (κ3) is 1.97. The molecule has 5 rings (SSSR count). The molecule has 0 spiro atoms. The molecule has 0 N–H and O–H groups in total. The Hall–Kier alpha value is -0.720. The molecule has 1 aromatic rings. The molecule has 4 aliphatic heterocycles. The van der Waals surface area contributed by atoms with Crippen LogP contribution in [0.4, 0.5) is 4.39 Å². The molecule has 4 fully saturated rings. The van der Waals surface area contributed by atoms with E-state index >= 15 is 0 Å². The summed E-state index contributed by atoms with van der Waals surface area (Å²) in [5.74, 6) is -0.179. The minimum Gasteiger partial charge on any atom is -0.282 e. The van der Waals surface area contributed by atoms with E-state index in [1.807, 2.05) is 0 Å². The smallest absolute Gasteiger partial charge is 0.139 e. The van der Waals surface area contributed by atoms with Gasteiger partial charge in [-0.3, -0.25) is 4.48 Å². The second-order valence-corrected chi connectivity index (χ2v) is 6.47. The van der Waals surface area contributed by atoms with Gasteiger partial charge in [0.1, 0.15) is 32.4 Å². The van der Waals surface area contributed by atoms with E-state index < -0.39 is 0 Å². The molecule has 0 aliphatic carbocycles. The lowest BCUT2D eigenvalue weighted by molar-refractivity contribution is -0.991. The number of quaternary nitrogens is 1. The third-order valence-electron chi connectivity index (χ3n) is 4.26. The van der Waals surface area contributed by atoms with Crippen molar-refractivity contribution >= 4 is 11.6 Å². The van der Waals surface area contributed by atoms with Gasteiger partial charge in [0.25, 0.3) is 0 Å². The zero-order chi connectivity index (χ0) is 13.0. The average molecular weight is 284 g/mol. The van der Waals surface area contributed by atoms with Gasteiger partial charge in [0.05, 0.1) is 30.6 Å². The zero-order valence-electron chi connectivity index (χ0n) is 10.7. The molecule has 0 amide bonds. The highest BCUT2D eigenvalue weighted by atomic mass is 35.5. The van der Waals surface area contributed by atoms with Gasteiger partial charge in [-0.05, 0) is 12.1 Å². The van der Waals surface area contributed by atoms with E-state index in [0.29, 0.717) is 17.1 Å². The molecule has 4 nitrogen and oxygen atoms in total. The fourth-order valence-electron chi connectivity index (χ4n) is 3.83. The highest BCUT2D eigenvalue weighted by Gasteiger charge is 2.48. The van der Waals surface area contributed by atoms with Crippen LogP contribution in [0.5, 0.6) is 0 Å². The number of benzene rings is 1. The van der Waals surface area contributed by atoms with Gasteiger partial charge in [0.15, 0.2) is 0 Å². The fraction of sp³-hybridized carbons (Fsp3) is 0.538. The summed E-state index contributed by atoms with van der Waals surface area (Å²) in [4.78, 5) is 7.27. The van der Waals surface area contributed by atoms with E-state index in [0.717, 1.165) is 44.5 Å². The number of nitrogens with zero attached hydrogens (tertiary/aromatic N) is 4. The Labute approximate surface area is 117 Å². The minimum atomic E-state index is -0.179.